The van der Waals surface area contributed by atoms with Crippen molar-refractivity contribution in [2.45, 2.75) is 18.7 Å². The van der Waals surface area contributed by atoms with Gasteiger partial charge in [-0.3, -0.25) is 4.79 Å². The molecule has 1 aromatic heterocycles. The Labute approximate surface area is 187 Å². The normalized spacial score (nSPS) is 15.1. The summed E-state index contributed by atoms with van der Waals surface area (Å²) in [7, 11) is -3.75. The molecule has 0 radical (unpaired) electrons. The Balaban J connectivity index is 1.50. The van der Waals surface area contributed by atoms with Crippen LogP contribution in [0.25, 0.3) is 0 Å². The van der Waals surface area contributed by atoms with Crippen LogP contribution in [0.15, 0.2) is 64.9 Å². The van der Waals surface area contributed by atoms with Gasteiger partial charge < -0.3 is 10.2 Å². The van der Waals surface area contributed by atoms with E-state index in [9.17, 15) is 13.2 Å². The molecule has 162 valence electrons. The summed E-state index contributed by atoms with van der Waals surface area (Å²) in [5.41, 5.74) is 4.14. The fourth-order valence-electron chi connectivity index (χ4n) is 3.74. The lowest BCUT2D eigenvalue weighted by atomic mass is 10.1. The van der Waals surface area contributed by atoms with Crippen LogP contribution in [0.2, 0.25) is 0 Å². The van der Waals surface area contributed by atoms with Gasteiger partial charge in [0.2, 0.25) is 10.0 Å². The summed E-state index contributed by atoms with van der Waals surface area (Å²) in [6, 6.07) is 16.9. The van der Waals surface area contributed by atoms with Crippen LogP contribution in [-0.4, -0.2) is 44.8 Å². The van der Waals surface area contributed by atoms with Crippen molar-refractivity contribution in [3.63, 3.8) is 0 Å². The summed E-state index contributed by atoms with van der Waals surface area (Å²) in [5.74, 6) is -0.409. The zero-order chi connectivity index (χ0) is 22.0. The number of nitrogens with zero attached hydrogens (tertiary/aromatic N) is 2. The predicted molar refractivity (Wildman–Crippen MR) is 126 cm³/mol. The molecule has 2 aromatic carbocycles. The van der Waals surface area contributed by atoms with Gasteiger partial charge in [0, 0.05) is 37.6 Å². The van der Waals surface area contributed by atoms with Crippen LogP contribution in [0, 0.1) is 13.8 Å². The number of carbonyl (C=O) groups excluding carboxylic acids is 1. The Kier molecular flexibility index (Phi) is 6.13. The lowest BCUT2D eigenvalue weighted by molar-refractivity contribution is 0.102. The molecule has 1 aliphatic heterocycles. The van der Waals surface area contributed by atoms with Gasteiger partial charge in [-0.15, -0.1) is 11.3 Å². The van der Waals surface area contributed by atoms with E-state index in [1.807, 2.05) is 18.2 Å². The monoisotopic (exact) mass is 455 g/mol. The molecule has 0 atom stereocenters. The topological polar surface area (TPSA) is 69.7 Å². The SMILES string of the molecule is Cc1ccc(C)c(N2CCN(S(=O)(=O)c3ccsc3C(=O)Nc3ccccc3)CC2)c1. The molecule has 4 rings (SSSR count). The molecule has 1 amide bonds. The van der Waals surface area contributed by atoms with E-state index in [0.717, 1.165) is 17.0 Å². The van der Waals surface area contributed by atoms with Gasteiger partial charge >= 0.3 is 0 Å². The Morgan fingerprint density at radius 2 is 1.68 bits per heavy atom. The molecule has 6 nitrogen and oxygen atoms in total. The van der Waals surface area contributed by atoms with Crippen LogP contribution in [0.4, 0.5) is 11.4 Å². The summed E-state index contributed by atoms with van der Waals surface area (Å²) in [4.78, 5) is 15.3. The smallest absolute Gasteiger partial charge is 0.267 e. The summed E-state index contributed by atoms with van der Waals surface area (Å²) in [6.07, 6.45) is 0. The molecule has 0 spiro atoms. The highest BCUT2D eigenvalue weighted by Crippen LogP contribution is 2.29. The number of para-hydroxylation sites is 1. The first kappa shape index (κ1) is 21.5. The lowest BCUT2D eigenvalue weighted by Gasteiger charge is -2.36. The maximum atomic E-state index is 13.3. The molecule has 1 N–H and O–H groups in total. The van der Waals surface area contributed by atoms with Crippen LogP contribution in [0.1, 0.15) is 20.8 Å². The van der Waals surface area contributed by atoms with Crippen molar-refractivity contribution in [2.75, 3.05) is 36.4 Å². The average Bonchev–Trinajstić information content (AvgIpc) is 3.27. The molecule has 1 saturated heterocycles. The van der Waals surface area contributed by atoms with E-state index < -0.39 is 15.9 Å². The molecule has 0 aliphatic carbocycles. The number of thiophene rings is 1. The molecule has 0 bridgehead atoms. The fraction of sp³-hybridized carbons (Fsp3) is 0.261. The van der Waals surface area contributed by atoms with E-state index >= 15 is 0 Å². The van der Waals surface area contributed by atoms with Crippen LogP contribution < -0.4 is 10.2 Å². The number of sulfonamides is 1. The van der Waals surface area contributed by atoms with E-state index in [-0.39, 0.29) is 9.77 Å². The number of amides is 1. The molecular weight excluding hydrogens is 430 g/mol. The van der Waals surface area contributed by atoms with Crippen molar-refractivity contribution in [1.29, 1.82) is 0 Å². The number of benzene rings is 2. The van der Waals surface area contributed by atoms with Gasteiger partial charge in [0.05, 0.1) is 0 Å². The van der Waals surface area contributed by atoms with Gasteiger partial charge in [-0.25, -0.2) is 8.42 Å². The maximum absolute atomic E-state index is 13.3. The Hall–Kier alpha value is -2.68. The van der Waals surface area contributed by atoms with Crippen molar-refractivity contribution in [1.82, 2.24) is 4.31 Å². The van der Waals surface area contributed by atoms with Crippen molar-refractivity contribution < 1.29 is 13.2 Å². The molecule has 31 heavy (non-hydrogen) atoms. The molecule has 8 heteroatoms. The quantitative estimate of drug-likeness (QED) is 0.628. The molecule has 0 saturated carbocycles. The summed E-state index contributed by atoms with van der Waals surface area (Å²) >= 11 is 1.14. The highest BCUT2D eigenvalue weighted by molar-refractivity contribution is 7.89. The number of carbonyl (C=O) groups is 1. The second kappa shape index (κ2) is 8.82. The maximum Gasteiger partial charge on any atom is 0.267 e. The van der Waals surface area contributed by atoms with E-state index in [1.54, 1.807) is 17.5 Å². The van der Waals surface area contributed by atoms with Crippen molar-refractivity contribution in [2.24, 2.45) is 0 Å². The second-order valence-electron chi connectivity index (χ2n) is 7.62. The van der Waals surface area contributed by atoms with Gasteiger partial charge in [0.1, 0.15) is 9.77 Å². The zero-order valence-corrected chi connectivity index (χ0v) is 19.2. The van der Waals surface area contributed by atoms with E-state index in [0.29, 0.717) is 31.9 Å². The fourth-order valence-corrected chi connectivity index (χ4v) is 6.46. The van der Waals surface area contributed by atoms with Gasteiger partial charge in [0.15, 0.2) is 0 Å². The Bertz CT molecular complexity index is 1180. The van der Waals surface area contributed by atoms with E-state index in [1.165, 1.54) is 21.5 Å². The molecule has 2 heterocycles. The third kappa shape index (κ3) is 4.51. The van der Waals surface area contributed by atoms with Crippen LogP contribution in [-0.2, 0) is 10.0 Å². The van der Waals surface area contributed by atoms with Gasteiger partial charge in [-0.05, 0) is 54.6 Å². The van der Waals surface area contributed by atoms with Crippen molar-refractivity contribution in [3.8, 4) is 0 Å². The minimum Gasteiger partial charge on any atom is -0.369 e. The minimum atomic E-state index is -3.75. The van der Waals surface area contributed by atoms with Crippen molar-refractivity contribution >= 4 is 38.6 Å². The third-order valence-corrected chi connectivity index (χ3v) is 8.41. The van der Waals surface area contributed by atoms with Gasteiger partial charge in [-0.1, -0.05) is 30.3 Å². The van der Waals surface area contributed by atoms with E-state index in [2.05, 4.69) is 42.3 Å². The number of nitrogens with one attached hydrogen (secondary N) is 1. The van der Waals surface area contributed by atoms with E-state index in [4.69, 9.17) is 0 Å². The number of hydrogen-bond donors (Lipinski definition) is 1. The summed E-state index contributed by atoms with van der Waals surface area (Å²) in [6.45, 7) is 6.11. The zero-order valence-electron chi connectivity index (χ0n) is 17.5. The third-order valence-electron chi connectivity index (χ3n) is 5.43. The Morgan fingerprint density at radius 1 is 0.968 bits per heavy atom. The number of aryl methyl sites for hydroxylation is 2. The first-order chi connectivity index (χ1) is 14.9. The van der Waals surface area contributed by atoms with Crippen LogP contribution in [0.5, 0.6) is 0 Å². The second-order valence-corrected chi connectivity index (χ2v) is 10.4. The average molecular weight is 456 g/mol. The predicted octanol–water partition coefficient (Wildman–Crippen LogP) is 4.13. The molecule has 0 unspecified atom stereocenters. The molecule has 3 aromatic rings. The first-order valence-electron chi connectivity index (χ1n) is 10.1. The summed E-state index contributed by atoms with van der Waals surface area (Å²) < 4.78 is 28.1. The number of hydrogen-bond acceptors (Lipinski definition) is 5. The highest BCUT2D eigenvalue weighted by atomic mass is 32.2. The molecule has 1 fully saturated rings. The van der Waals surface area contributed by atoms with Crippen LogP contribution >= 0.6 is 11.3 Å². The molecule has 1 aliphatic rings. The Morgan fingerprint density at radius 3 is 2.39 bits per heavy atom. The summed E-state index contributed by atoms with van der Waals surface area (Å²) in [5, 5.41) is 4.43. The van der Waals surface area contributed by atoms with Gasteiger partial charge in [0.25, 0.3) is 5.91 Å². The number of piperazine rings is 1. The number of anilines is 2. The standard InChI is InChI=1S/C23H25N3O3S2/c1-17-8-9-18(2)20(16-17)25-11-13-26(14-12-25)31(28,29)21-10-15-30-22(21)23(27)24-19-6-4-3-5-7-19/h3-10,15-16H,11-14H2,1-2H3,(H,24,27). The number of rotatable bonds is 5. The minimum absolute atomic E-state index is 0.0751. The first-order valence-corrected chi connectivity index (χ1v) is 12.4. The largest absolute Gasteiger partial charge is 0.369 e. The van der Waals surface area contributed by atoms with Gasteiger partial charge in [-0.2, -0.15) is 4.31 Å². The lowest BCUT2D eigenvalue weighted by Crippen LogP contribution is -2.49. The highest BCUT2D eigenvalue weighted by Gasteiger charge is 2.33. The molecular formula is C23H25N3O3S2. The van der Waals surface area contributed by atoms with Crippen LogP contribution in [0.3, 0.4) is 0 Å². The van der Waals surface area contributed by atoms with Crippen molar-refractivity contribution in [3.05, 3.63) is 76.0 Å².